The summed E-state index contributed by atoms with van der Waals surface area (Å²) in [7, 11) is 1.63. The Bertz CT molecular complexity index is 432. The van der Waals surface area contributed by atoms with Gasteiger partial charge in [0.2, 0.25) is 5.91 Å². The molecule has 1 N–H and O–H groups in total. The van der Waals surface area contributed by atoms with Crippen LogP contribution in [-0.2, 0) is 16.0 Å². The lowest BCUT2D eigenvalue weighted by molar-refractivity contribution is -0.125. The summed E-state index contributed by atoms with van der Waals surface area (Å²) in [6.45, 7) is 1.28. The number of nitrogens with one attached hydrogen (secondary N) is 1. The van der Waals surface area contributed by atoms with Crippen LogP contribution in [0.15, 0.2) is 22.7 Å². The number of ether oxygens (including phenoxy) is 2. The van der Waals surface area contributed by atoms with Crippen molar-refractivity contribution in [3.8, 4) is 5.75 Å². The molecule has 1 aliphatic rings. The molecule has 18 heavy (non-hydrogen) atoms. The van der Waals surface area contributed by atoms with E-state index in [0.29, 0.717) is 19.6 Å². The highest BCUT2D eigenvalue weighted by molar-refractivity contribution is 9.10. The number of rotatable bonds is 5. The quantitative estimate of drug-likeness (QED) is 0.903. The van der Waals surface area contributed by atoms with E-state index in [9.17, 15) is 4.79 Å². The van der Waals surface area contributed by atoms with Crippen LogP contribution in [0.2, 0.25) is 0 Å². The molecule has 1 aromatic rings. The molecule has 0 unspecified atom stereocenters. The number of halogens is 1. The van der Waals surface area contributed by atoms with E-state index in [1.807, 2.05) is 18.2 Å². The number of hydrogen-bond donors (Lipinski definition) is 1. The van der Waals surface area contributed by atoms with Crippen molar-refractivity contribution in [3.63, 3.8) is 0 Å². The van der Waals surface area contributed by atoms with Gasteiger partial charge in [0.1, 0.15) is 5.75 Å². The van der Waals surface area contributed by atoms with Gasteiger partial charge in [-0.2, -0.15) is 0 Å². The number of hydrogen-bond acceptors (Lipinski definition) is 3. The molecule has 0 spiro atoms. The first kappa shape index (κ1) is 13.4. The number of carbonyl (C=O) groups is 1. The Morgan fingerprint density at radius 3 is 2.89 bits per heavy atom. The van der Waals surface area contributed by atoms with Gasteiger partial charge in [-0.25, -0.2) is 0 Å². The van der Waals surface area contributed by atoms with Crippen LogP contribution in [0.5, 0.6) is 5.75 Å². The third kappa shape index (κ3) is 3.46. The zero-order valence-corrected chi connectivity index (χ0v) is 11.8. The van der Waals surface area contributed by atoms with E-state index in [1.165, 1.54) is 0 Å². The lowest BCUT2D eigenvalue weighted by Crippen LogP contribution is -2.48. The maximum absolute atomic E-state index is 11.6. The molecule has 0 radical (unpaired) electrons. The van der Waals surface area contributed by atoms with E-state index in [4.69, 9.17) is 9.47 Å². The minimum atomic E-state index is 0.0789. The van der Waals surface area contributed by atoms with Crippen molar-refractivity contribution in [1.82, 2.24) is 5.32 Å². The van der Waals surface area contributed by atoms with Gasteiger partial charge in [0.25, 0.3) is 0 Å². The Hall–Kier alpha value is -1.07. The molecule has 1 amide bonds. The number of methoxy groups -OCH3 is 1. The van der Waals surface area contributed by atoms with Gasteiger partial charge in [0.05, 0.1) is 30.8 Å². The highest BCUT2D eigenvalue weighted by Crippen LogP contribution is 2.25. The largest absolute Gasteiger partial charge is 0.496 e. The summed E-state index contributed by atoms with van der Waals surface area (Å²) in [4.78, 5) is 11.6. The lowest BCUT2D eigenvalue weighted by atomic mass is 10.1. The lowest BCUT2D eigenvalue weighted by Gasteiger charge is -2.26. The second-order valence-electron chi connectivity index (χ2n) is 4.27. The van der Waals surface area contributed by atoms with Gasteiger partial charge < -0.3 is 14.8 Å². The second kappa shape index (κ2) is 6.20. The van der Waals surface area contributed by atoms with E-state index in [2.05, 4.69) is 21.2 Å². The Kier molecular flexibility index (Phi) is 4.60. The van der Waals surface area contributed by atoms with Crippen molar-refractivity contribution in [2.75, 3.05) is 20.3 Å². The van der Waals surface area contributed by atoms with Gasteiger partial charge in [-0.15, -0.1) is 0 Å². The van der Waals surface area contributed by atoms with E-state index >= 15 is 0 Å². The average Bonchev–Trinajstić information content (AvgIpc) is 2.31. The van der Waals surface area contributed by atoms with Crippen LogP contribution in [-0.4, -0.2) is 32.3 Å². The molecular formula is C13H16BrNO3. The fourth-order valence-electron chi connectivity index (χ4n) is 1.74. The van der Waals surface area contributed by atoms with Crippen LogP contribution in [0.3, 0.4) is 0 Å². The van der Waals surface area contributed by atoms with E-state index < -0.39 is 0 Å². The van der Waals surface area contributed by atoms with Crippen LogP contribution >= 0.6 is 15.9 Å². The maximum Gasteiger partial charge on any atom is 0.220 e. The number of benzene rings is 1. The summed E-state index contributed by atoms with van der Waals surface area (Å²) in [5.41, 5.74) is 1.11. The molecule has 4 nitrogen and oxygen atoms in total. The Labute approximate surface area is 115 Å². The van der Waals surface area contributed by atoms with Gasteiger partial charge >= 0.3 is 0 Å². The molecule has 0 aromatic heterocycles. The molecular weight excluding hydrogens is 298 g/mol. The smallest absolute Gasteiger partial charge is 0.220 e. The number of amides is 1. The molecule has 1 aromatic carbocycles. The first-order valence-corrected chi connectivity index (χ1v) is 6.68. The summed E-state index contributed by atoms with van der Waals surface area (Å²) >= 11 is 3.43. The van der Waals surface area contributed by atoms with Crippen LogP contribution in [0, 0.1) is 0 Å². The zero-order chi connectivity index (χ0) is 13.0. The predicted molar refractivity (Wildman–Crippen MR) is 71.8 cm³/mol. The molecule has 1 saturated heterocycles. The Morgan fingerprint density at radius 2 is 2.33 bits per heavy atom. The number of aryl methyl sites for hydroxylation is 1. The van der Waals surface area contributed by atoms with Crippen LogP contribution in [0.4, 0.5) is 0 Å². The van der Waals surface area contributed by atoms with Crippen LogP contribution in [0.25, 0.3) is 0 Å². The van der Waals surface area contributed by atoms with Gasteiger partial charge in [-0.05, 0) is 40.0 Å². The summed E-state index contributed by atoms with van der Waals surface area (Å²) < 4.78 is 11.1. The molecule has 0 aliphatic carbocycles. The summed E-state index contributed by atoms with van der Waals surface area (Å²) in [6, 6.07) is 6.07. The second-order valence-corrected chi connectivity index (χ2v) is 5.13. The fourth-order valence-corrected chi connectivity index (χ4v) is 2.33. The highest BCUT2D eigenvalue weighted by Gasteiger charge is 2.19. The highest BCUT2D eigenvalue weighted by atomic mass is 79.9. The first-order chi connectivity index (χ1) is 8.69. The molecule has 1 aliphatic heterocycles. The molecule has 0 saturated carbocycles. The molecule has 2 rings (SSSR count). The van der Waals surface area contributed by atoms with Crippen LogP contribution < -0.4 is 10.1 Å². The third-order valence-electron chi connectivity index (χ3n) is 2.86. The van der Waals surface area contributed by atoms with E-state index in [0.717, 1.165) is 22.2 Å². The Morgan fingerprint density at radius 1 is 1.56 bits per heavy atom. The topological polar surface area (TPSA) is 47.6 Å². The van der Waals surface area contributed by atoms with Crippen molar-refractivity contribution in [3.05, 3.63) is 28.2 Å². The third-order valence-corrected chi connectivity index (χ3v) is 3.48. The zero-order valence-electron chi connectivity index (χ0n) is 10.2. The van der Waals surface area contributed by atoms with Crippen molar-refractivity contribution < 1.29 is 14.3 Å². The fraction of sp³-hybridized carbons (Fsp3) is 0.462. The van der Waals surface area contributed by atoms with Gasteiger partial charge in [-0.1, -0.05) is 6.07 Å². The summed E-state index contributed by atoms with van der Waals surface area (Å²) in [6.07, 6.45) is 1.22. The molecule has 98 valence electrons. The normalized spacial score (nSPS) is 15.0. The SMILES string of the molecule is COc1ccc(CCC(=O)NC2COC2)cc1Br. The number of carbonyl (C=O) groups excluding carboxylic acids is 1. The van der Waals surface area contributed by atoms with Gasteiger partial charge in [0, 0.05) is 6.42 Å². The first-order valence-electron chi connectivity index (χ1n) is 5.88. The molecule has 1 heterocycles. The molecule has 0 atom stereocenters. The molecule has 1 fully saturated rings. The Balaban J connectivity index is 1.81. The summed E-state index contributed by atoms with van der Waals surface area (Å²) in [5.74, 6) is 0.880. The standard InChI is InChI=1S/C13H16BrNO3/c1-17-12-4-2-9(6-11(12)14)3-5-13(16)15-10-7-18-8-10/h2,4,6,10H,3,5,7-8H2,1H3,(H,15,16). The van der Waals surface area contributed by atoms with Crippen molar-refractivity contribution in [1.29, 1.82) is 0 Å². The summed E-state index contributed by atoms with van der Waals surface area (Å²) in [5, 5.41) is 2.92. The molecule has 0 bridgehead atoms. The van der Waals surface area contributed by atoms with Crippen molar-refractivity contribution >= 4 is 21.8 Å². The monoisotopic (exact) mass is 313 g/mol. The van der Waals surface area contributed by atoms with Crippen molar-refractivity contribution in [2.45, 2.75) is 18.9 Å². The minimum Gasteiger partial charge on any atom is -0.496 e. The average molecular weight is 314 g/mol. The van der Waals surface area contributed by atoms with E-state index in [-0.39, 0.29) is 11.9 Å². The minimum absolute atomic E-state index is 0.0789. The van der Waals surface area contributed by atoms with E-state index in [1.54, 1.807) is 7.11 Å². The van der Waals surface area contributed by atoms with Gasteiger partial charge in [0.15, 0.2) is 0 Å². The van der Waals surface area contributed by atoms with Gasteiger partial charge in [-0.3, -0.25) is 4.79 Å². The van der Waals surface area contributed by atoms with Crippen molar-refractivity contribution in [2.24, 2.45) is 0 Å². The maximum atomic E-state index is 11.6. The predicted octanol–water partition coefficient (Wildman–Crippen LogP) is 1.91. The molecule has 5 heteroatoms. The van der Waals surface area contributed by atoms with Crippen LogP contribution in [0.1, 0.15) is 12.0 Å².